The number of nitrogens with zero attached hydrogens (tertiary/aromatic N) is 1. The Balaban J connectivity index is 1.21. The van der Waals surface area contributed by atoms with E-state index in [1.807, 2.05) is 11.3 Å². The van der Waals surface area contributed by atoms with Gasteiger partial charge in [-0.05, 0) is 91.5 Å². The summed E-state index contributed by atoms with van der Waals surface area (Å²) < 4.78 is 2.63. The van der Waals surface area contributed by atoms with Gasteiger partial charge in [-0.25, -0.2) is 0 Å². The summed E-state index contributed by atoms with van der Waals surface area (Å²) in [5.41, 5.74) is 12.9. The molecule has 0 N–H and O–H groups in total. The molecule has 58 heavy (non-hydrogen) atoms. The molecule has 0 unspecified atom stereocenters. The highest BCUT2D eigenvalue weighted by Crippen LogP contribution is 2.50. The van der Waals surface area contributed by atoms with Gasteiger partial charge in [0.15, 0.2) is 0 Å². The van der Waals surface area contributed by atoms with Crippen LogP contribution in [-0.4, -0.2) is 0 Å². The lowest BCUT2D eigenvalue weighted by Crippen LogP contribution is -2.12. The van der Waals surface area contributed by atoms with Crippen LogP contribution in [-0.2, 0) is 0 Å². The van der Waals surface area contributed by atoms with E-state index in [9.17, 15) is 0 Å². The highest BCUT2D eigenvalue weighted by Gasteiger charge is 2.24. The summed E-state index contributed by atoms with van der Waals surface area (Å²) >= 11 is 1.87. The predicted octanol–water partition coefficient (Wildman–Crippen LogP) is 16.5. The number of thiophene rings is 1. The lowest BCUT2D eigenvalue weighted by Gasteiger charge is -2.31. The van der Waals surface area contributed by atoms with Gasteiger partial charge in [0, 0.05) is 36.8 Å². The van der Waals surface area contributed by atoms with Crippen molar-refractivity contribution in [3.05, 3.63) is 224 Å². The van der Waals surface area contributed by atoms with Crippen LogP contribution in [0.15, 0.2) is 224 Å². The van der Waals surface area contributed by atoms with E-state index in [1.54, 1.807) is 0 Å². The number of hydrogen-bond acceptors (Lipinski definition) is 2. The first-order valence-electron chi connectivity index (χ1n) is 19.8. The standard InChI is InChI=1S/C56H37NS/c1-3-17-38(18-4-1)43-22-9-12-26-49(43)55-45(39-19-5-2-6-20-39)28-15-30-51(55)57(52-37-41-21-7-8-23-44(41)47-24-10-11-25-48(47)52)42-35-33-40(34-36-42)46-29-16-32-54-56(46)50-27-13-14-31-53(50)58-54/h1-37H. The molecule has 0 aliphatic rings. The molecule has 0 atom stereocenters. The predicted molar refractivity (Wildman–Crippen MR) is 251 cm³/mol. The van der Waals surface area contributed by atoms with E-state index in [1.165, 1.54) is 86.2 Å². The third kappa shape index (κ3) is 5.77. The molecule has 0 saturated heterocycles. The van der Waals surface area contributed by atoms with Crippen molar-refractivity contribution in [2.75, 3.05) is 4.90 Å². The maximum atomic E-state index is 2.50. The Labute approximate surface area is 342 Å². The molecule has 1 aromatic heterocycles. The molecule has 0 amide bonds. The highest BCUT2D eigenvalue weighted by molar-refractivity contribution is 7.25. The number of rotatable bonds is 7. The second kappa shape index (κ2) is 14.4. The molecule has 272 valence electrons. The lowest BCUT2D eigenvalue weighted by atomic mass is 9.87. The van der Waals surface area contributed by atoms with Gasteiger partial charge in [0.2, 0.25) is 0 Å². The molecule has 1 nitrogen and oxygen atoms in total. The summed E-state index contributed by atoms with van der Waals surface area (Å²) in [5, 5.41) is 7.53. The van der Waals surface area contributed by atoms with Crippen LogP contribution in [0.5, 0.6) is 0 Å². The van der Waals surface area contributed by atoms with Gasteiger partial charge in [-0.2, -0.15) is 0 Å². The van der Waals surface area contributed by atoms with Gasteiger partial charge in [-0.1, -0.05) is 188 Å². The van der Waals surface area contributed by atoms with Crippen molar-refractivity contribution in [1.82, 2.24) is 0 Å². The first-order valence-corrected chi connectivity index (χ1v) is 20.7. The van der Waals surface area contributed by atoms with Gasteiger partial charge in [0.1, 0.15) is 0 Å². The van der Waals surface area contributed by atoms with E-state index >= 15 is 0 Å². The molecule has 0 bridgehead atoms. The van der Waals surface area contributed by atoms with Gasteiger partial charge >= 0.3 is 0 Å². The Hall–Kier alpha value is -7.26. The molecule has 0 saturated carbocycles. The van der Waals surface area contributed by atoms with Gasteiger partial charge in [-0.3, -0.25) is 0 Å². The Kier molecular flexibility index (Phi) is 8.42. The number of hydrogen-bond donors (Lipinski definition) is 0. The molecular formula is C56H37NS. The van der Waals surface area contributed by atoms with Crippen LogP contribution in [0.4, 0.5) is 17.1 Å². The molecule has 0 radical (unpaired) electrons. The van der Waals surface area contributed by atoms with Crippen molar-refractivity contribution in [1.29, 1.82) is 0 Å². The van der Waals surface area contributed by atoms with E-state index in [-0.39, 0.29) is 0 Å². The van der Waals surface area contributed by atoms with Crippen LogP contribution < -0.4 is 4.90 Å². The highest BCUT2D eigenvalue weighted by atomic mass is 32.1. The van der Waals surface area contributed by atoms with E-state index in [0.717, 1.165) is 17.1 Å². The monoisotopic (exact) mass is 755 g/mol. The molecule has 0 aliphatic heterocycles. The molecule has 11 aromatic rings. The third-order valence-corrected chi connectivity index (χ3v) is 12.6. The van der Waals surface area contributed by atoms with Gasteiger partial charge in [-0.15, -0.1) is 11.3 Å². The fourth-order valence-electron chi connectivity index (χ4n) is 8.87. The van der Waals surface area contributed by atoms with Crippen LogP contribution in [0.3, 0.4) is 0 Å². The van der Waals surface area contributed by atoms with E-state index in [2.05, 4.69) is 229 Å². The fourth-order valence-corrected chi connectivity index (χ4v) is 10.0. The van der Waals surface area contributed by atoms with Crippen LogP contribution in [0.25, 0.3) is 86.2 Å². The first kappa shape index (κ1) is 34.0. The summed E-state index contributed by atoms with van der Waals surface area (Å²) in [7, 11) is 0. The average molecular weight is 756 g/mol. The molecule has 1 heterocycles. The third-order valence-electron chi connectivity index (χ3n) is 11.5. The van der Waals surface area contributed by atoms with Gasteiger partial charge in [0.25, 0.3) is 0 Å². The van der Waals surface area contributed by atoms with Crippen molar-refractivity contribution in [2.24, 2.45) is 0 Å². The van der Waals surface area contributed by atoms with E-state index in [4.69, 9.17) is 0 Å². The Bertz CT molecular complexity index is 3270. The number of anilines is 3. The Morgan fingerprint density at radius 3 is 1.62 bits per heavy atom. The van der Waals surface area contributed by atoms with Crippen molar-refractivity contribution in [3.63, 3.8) is 0 Å². The number of benzene rings is 10. The summed E-state index contributed by atoms with van der Waals surface area (Å²) in [6, 6.07) is 82.1. The molecular weight excluding hydrogens is 719 g/mol. The van der Waals surface area contributed by atoms with Crippen molar-refractivity contribution < 1.29 is 0 Å². The molecule has 2 heteroatoms. The maximum Gasteiger partial charge on any atom is 0.0546 e. The minimum Gasteiger partial charge on any atom is -0.309 e. The van der Waals surface area contributed by atoms with Crippen molar-refractivity contribution in [3.8, 4) is 44.5 Å². The number of fused-ring (bicyclic) bond motifs is 6. The lowest BCUT2D eigenvalue weighted by molar-refractivity contribution is 1.30. The zero-order valence-electron chi connectivity index (χ0n) is 31.7. The fraction of sp³-hybridized carbons (Fsp3) is 0. The van der Waals surface area contributed by atoms with Gasteiger partial charge < -0.3 is 4.90 Å². The SMILES string of the molecule is c1ccc(-c2ccccc2-c2c(-c3ccccc3)cccc2N(c2ccc(-c3cccc4sc5ccccc5c34)cc2)c2cc3ccccc3c3ccccc23)cc1. The first-order chi connectivity index (χ1) is 28.8. The van der Waals surface area contributed by atoms with Crippen molar-refractivity contribution in [2.45, 2.75) is 0 Å². The van der Waals surface area contributed by atoms with E-state index < -0.39 is 0 Å². The minimum atomic E-state index is 1.09. The van der Waals surface area contributed by atoms with Gasteiger partial charge in [0.05, 0.1) is 11.4 Å². The van der Waals surface area contributed by atoms with Crippen LogP contribution in [0.2, 0.25) is 0 Å². The maximum absolute atomic E-state index is 2.50. The molecule has 10 aromatic carbocycles. The summed E-state index contributed by atoms with van der Waals surface area (Å²) in [5.74, 6) is 0. The summed E-state index contributed by atoms with van der Waals surface area (Å²) in [6.45, 7) is 0. The molecule has 0 fully saturated rings. The second-order valence-electron chi connectivity index (χ2n) is 14.8. The Morgan fingerprint density at radius 1 is 0.310 bits per heavy atom. The van der Waals surface area contributed by atoms with Crippen molar-refractivity contribution >= 4 is 70.1 Å². The smallest absolute Gasteiger partial charge is 0.0546 e. The van der Waals surface area contributed by atoms with E-state index in [0.29, 0.717) is 0 Å². The molecule has 0 aliphatic carbocycles. The summed E-state index contributed by atoms with van der Waals surface area (Å²) in [4.78, 5) is 2.50. The van der Waals surface area contributed by atoms with Crippen LogP contribution in [0, 0.1) is 0 Å². The zero-order chi connectivity index (χ0) is 38.4. The minimum absolute atomic E-state index is 1.09. The topological polar surface area (TPSA) is 3.24 Å². The second-order valence-corrected chi connectivity index (χ2v) is 15.9. The largest absolute Gasteiger partial charge is 0.309 e. The average Bonchev–Trinajstić information content (AvgIpc) is 3.69. The Morgan fingerprint density at radius 2 is 0.845 bits per heavy atom. The van der Waals surface area contributed by atoms with Crippen LogP contribution >= 0.6 is 11.3 Å². The quantitative estimate of drug-likeness (QED) is 0.146. The normalized spacial score (nSPS) is 11.4. The van der Waals surface area contributed by atoms with Crippen LogP contribution in [0.1, 0.15) is 0 Å². The molecule has 0 spiro atoms. The summed E-state index contributed by atoms with van der Waals surface area (Å²) in [6.07, 6.45) is 0. The zero-order valence-corrected chi connectivity index (χ0v) is 32.5. The molecule has 11 rings (SSSR count).